The molecule has 0 bridgehead atoms. The molecule has 0 radical (unpaired) electrons. The van der Waals surface area contributed by atoms with Crippen molar-refractivity contribution in [1.29, 1.82) is 0 Å². The number of carboxylic acid groups (broad SMARTS) is 1. The van der Waals surface area contributed by atoms with E-state index in [0.717, 1.165) is 38.5 Å². The third kappa shape index (κ3) is 72.3. The number of aliphatic hydroxyl groups is 3. The van der Waals surface area contributed by atoms with E-state index in [2.05, 4.69) is 27.4 Å². The van der Waals surface area contributed by atoms with Crippen molar-refractivity contribution >= 4 is 5.97 Å². The van der Waals surface area contributed by atoms with Gasteiger partial charge in [-0.15, -0.1) is 0 Å². The fourth-order valence-corrected chi connectivity index (χ4v) is 0.474. The third-order valence-corrected chi connectivity index (χ3v) is 1.90. The third-order valence-electron chi connectivity index (χ3n) is 1.90. The zero-order valence-corrected chi connectivity index (χ0v) is 18.4. The van der Waals surface area contributed by atoms with Crippen LogP contribution in [0.4, 0.5) is 0 Å². The minimum absolute atomic E-state index is 0. The second-order valence-electron chi connectivity index (χ2n) is 4.32. The first-order chi connectivity index (χ1) is 9.89. The number of hydrogen-bond acceptors (Lipinski definition) is 4. The molecule has 0 saturated carbocycles. The molecule has 134 valence electrons. The average molecular weight is 487 g/mol. The maximum absolute atomic E-state index is 9.60. The molecule has 0 aromatic heterocycles. The van der Waals surface area contributed by atoms with Gasteiger partial charge in [0.2, 0.25) is 0 Å². The van der Waals surface area contributed by atoms with E-state index in [1.807, 2.05) is 0 Å². The SMILES string of the molecule is C=C(C)C(=O)O.CCCCO.CCCCO.CCCCO.[Hf]. The van der Waals surface area contributed by atoms with Gasteiger partial charge in [0.05, 0.1) is 0 Å². The average Bonchev–Trinajstić information content (AvgIpc) is 2.43. The molecule has 0 aromatic rings. The van der Waals surface area contributed by atoms with Crippen LogP contribution in [0.3, 0.4) is 0 Å². The summed E-state index contributed by atoms with van der Waals surface area (Å²) in [6.07, 6.45) is 6.11. The Morgan fingerprint density at radius 1 is 0.818 bits per heavy atom. The van der Waals surface area contributed by atoms with Gasteiger partial charge >= 0.3 is 5.97 Å². The molecule has 0 spiro atoms. The van der Waals surface area contributed by atoms with Gasteiger partial charge in [0, 0.05) is 51.2 Å². The van der Waals surface area contributed by atoms with Gasteiger partial charge < -0.3 is 20.4 Å². The van der Waals surface area contributed by atoms with Gasteiger partial charge in [-0.05, 0) is 26.2 Å². The summed E-state index contributed by atoms with van der Waals surface area (Å²) in [5.41, 5.74) is 0.176. The molecule has 0 aliphatic rings. The van der Waals surface area contributed by atoms with Crippen LogP contribution < -0.4 is 0 Å². The Labute approximate surface area is 155 Å². The Hall–Kier alpha value is -0.0399. The molecule has 0 heterocycles. The topological polar surface area (TPSA) is 98.0 Å². The second kappa shape index (κ2) is 37.3. The molecule has 0 saturated heterocycles. The van der Waals surface area contributed by atoms with Crippen molar-refractivity contribution in [3.63, 3.8) is 0 Å². The summed E-state index contributed by atoms with van der Waals surface area (Å²) in [7, 11) is 0. The molecule has 22 heavy (non-hydrogen) atoms. The molecule has 0 fully saturated rings. The first-order valence-corrected chi connectivity index (χ1v) is 7.60. The molecule has 0 unspecified atom stereocenters. The summed E-state index contributed by atoms with van der Waals surface area (Å²) in [6.45, 7) is 11.8. The molecule has 0 rings (SSSR count). The van der Waals surface area contributed by atoms with E-state index in [0.29, 0.717) is 19.8 Å². The molecule has 0 amide bonds. The fourth-order valence-electron chi connectivity index (χ4n) is 0.474. The van der Waals surface area contributed by atoms with Crippen LogP contribution >= 0.6 is 0 Å². The Morgan fingerprint density at radius 3 is 1.00 bits per heavy atom. The van der Waals surface area contributed by atoms with E-state index in [1.54, 1.807) is 0 Å². The van der Waals surface area contributed by atoms with Crippen molar-refractivity contribution in [1.82, 2.24) is 0 Å². The minimum atomic E-state index is -0.935. The number of carbonyl (C=O) groups is 1. The number of rotatable bonds is 7. The van der Waals surface area contributed by atoms with E-state index in [4.69, 9.17) is 20.4 Å². The maximum atomic E-state index is 9.60. The van der Waals surface area contributed by atoms with Gasteiger partial charge in [-0.1, -0.05) is 46.6 Å². The monoisotopic (exact) mass is 488 g/mol. The molecule has 5 nitrogen and oxygen atoms in total. The zero-order valence-electron chi connectivity index (χ0n) is 14.8. The molecule has 6 heteroatoms. The van der Waals surface area contributed by atoms with Gasteiger partial charge in [0.25, 0.3) is 0 Å². The molecular weight excluding hydrogens is 451 g/mol. The van der Waals surface area contributed by atoms with Crippen molar-refractivity contribution in [3.8, 4) is 0 Å². The van der Waals surface area contributed by atoms with Gasteiger partial charge in [-0.25, -0.2) is 4.79 Å². The van der Waals surface area contributed by atoms with Crippen LogP contribution in [0.2, 0.25) is 0 Å². The Balaban J connectivity index is -0.0000000577. The van der Waals surface area contributed by atoms with Crippen molar-refractivity contribution in [2.24, 2.45) is 0 Å². The summed E-state index contributed by atoms with van der Waals surface area (Å²) >= 11 is 0. The number of hydrogen-bond donors (Lipinski definition) is 4. The molecule has 4 N–H and O–H groups in total. The van der Waals surface area contributed by atoms with Crippen LogP contribution in [0.25, 0.3) is 0 Å². The Bertz CT molecular complexity index is 167. The maximum Gasteiger partial charge on any atom is 0.330 e. The summed E-state index contributed by atoms with van der Waals surface area (Å²) in [5, 5.41) is 32.1. The van der Waals surface area contributed by atoms with Gasteiger partial charge in [-0.2, -0.15) is 0 Å². The van der Waals surface area contributed by atoms with E-state index in [-0.39, 0.29) is 31.4 Å². The number of aliphatic hydroxyl groups excluding tert-OH is 3. The van der Waals surface area contributed by atoms with Crippen molar-refractivity contribution in [2.75, 3.05) is 19.8 Å². The van der Waals surface area contributed by atoms with Crippen molar-refractivity contribution in [3.05, 3.63) is 12.2 Å². The summed E-state index contributed by atoms with van der Waals surface area (Å²) < 4.78 is 0. The minimum Gasteiger partial charge on any atom is -0.478 e. The van der Waals surface area contributed by atoms with Crippen LogP contribution in [0.15, 0.2) is 12.2 Å². The van der Waals surface area contributed by atoms with Crippen molar-refractivity contribution < 1.29 is 51.1 Å². The van der Waals surface area contributed by atoms with Crippen LogP contribution in [-0.2, 0) is 30.6 Å². The van der Waals surface area contributed by atoms with Crippen molar-refractivity contribution in [2.45, 2.75) is 66.2 Å². The van der Waals surface area contributed by atoms with E-state index in [9.17, 15) is 4.79 Å². The quantitative estimate of drug-likeness (QED) is 0.327. The standard InChI is InChI=1S/C4H6O2.3C4H10O.Hf/c1-3(2)4(5)6;3*1-2-3-4-5;/h1H2,2H3,(H,5,6);3*5H,2-4H2,1H3;. The fraction of sp³-hybridized carbons (Fsp3) is 0.812. The van der Waals surface area contributed by atoms with E-state index in [1.165, 1.54) is 6.92 Å². The predicted octanol–water partition coefficient (Wildman–Crippen LogP) is 2.98. The molecule has 0 aliphatic carbocycles. The normalized spacial score (nSPS) is 7.77. The molecule has 0 aromatic carbocycles. The number of carboxylic acids is 1. The summed E-state index contributed by atoms with van der Waals surface area (Å²) in [4.78, 5) is 9.60. The van der Waals surface area contributed by atoms with Gasteiger partial charge in [-0.3, -0.25) is 0 Å². The van der Waals surface area contributed by atoms with Gasteiger partial charge in [0.15, 0.2) is 0 Å². The summed E-state index contributed by atoms with van der Waals surface area (Å²) in [5.74, 6) is -0.935. The molecular formula is C16H36HfO5. The smallest absolute Gasteiger partial charge is 0.330 e. The predicted molar refractivity (Wildman–Crippen MR) is 88.4 cm³/mol. The number of aliphatic carboxylic acids is 1. The number of unbranched alkanes of at least 4 members (excludes halogenated alkanes) is 3. The van der Waals surface area contributed by atoms with Crippen LogP contribution in [0, 0.1) is 0 Å². The molecule has 0 atom stereocenters. The van der Waals surface area contributed by atoms with Crippen LogP contribution in [-0.4, -0.2) is 46.2 Å². The Morgan fingerprint density at radius 2 is 1.00 bits per heavy atom. The first-order valence-electron chi connectivity index (χ1n) is 7.60. The van der Waals surface area contributed by atoms with Crippen LogP contribution in [0.5, 0.6) is 0 Å². The van der Waals surface area contributed by atoms with Crippen LogP contribution in [0.1, 0.15) is 66.2 Å². The van der Waals surface area contributed by atoms with E-state index >= 15 is 0 Å². The largest absolute Gasteiger partial charge is 0.478 e. The first kappa shape index (κ1) is 33.5. The van der Waals surface area contributed by atoms with E-state index < -0.39 is 5.97 Å². The second-order valence-corrected chi connectivity index (χ2v) is 4.32. The zero-order chi connectivity index (χ0) is 17.5. The molecule has 0 aliphatic heterocycles. The Kier molecular flexibility index (Phi) is 56.9. The summed E-state index contributed by atoms with van der Waals surface area (Å²) in [6, 6.07) is 0. The van der Waals surface area contributed by atoms with Gasteiger partial charge in [0.1, 0.15) is 0 Å².